The molecule has 2 aliphatic rings. The van der Waals surface area contributed by atoms with E-state index < -0.39 is 17.7 Å². The summed E-state index contributed by atoms with van der Waals surface area (Å²) in [5.41, 5.74) is 1.30. The Kier molecular flexibility index (Phi) is 7.02. The highest BCUT2D eigenvalue weighted by molar-refractivity contribution is 6.46. The summed E-state index contributed by atoms with van der Waals surface area (Å²) >= 11 is 0. The van der Waals surface area contributed by atoms with Gasteiger partial charge >= 0.3 is 0 Å². The van der Waals surface area contributed by atoms with Crippen LogP contribution in [0.15, 0.2) is 54.1 Å². The van der Waals surface area contributed by atoms with E-state index in [4.69, 9.17) is 9.47 Å². The number of aliphatic hydroxyl groups is 1. The fourth-order valence-electron chi connectivity index (χ4n) is 4.92. The predicted molar refractivity (Wildman–Crippen MR) is 126 cm³/mol. The first-order chi connectivity index (χ1) is 16.1. The zero-order chi connectivity index (χ0) is 23.4. The number of likely N-dealkylation sites (tertiary alicyclic amines) is 1. The first-order valence-corrected chi connectivity index (χ1v) is 11.8. The monoisotopic (exact) mass is 449 g/mol. The maximum atomic E-state index is 13.3. The van der Waals surface area contributed by atoms with Gasteiger partial charge in [-0.2, -0.15) is 0 Å². The summed E-state index contributed by atoms with van der Waals surface area (Å²) in [6, 6.07) is 14.0. The van der Waals surface area contributed by atoms with Gasteiger partial charge in [-0.3, -0.25) is 9.59 Å². The number of hydrogen-bond donors (Lipinski definition) is 1. The molecule has 4 rings (SSSR count). The number of aliphatic hydroxyl groups excluding tert-OH is 1. The fraction of sp³-hybridized carbons (Fsp3) is 0.407. The summed E-state index contributed by atoms with van der Waals surface area (Å²) < 4.78 is 11.3. The summed E-state index contributed by atoms with van der Waals surface area (Å²) in [7, 11) is 0. The summed E-state index contributed by atoms with van der Waals surface area (Å²) in [6.45, 7) is 4.62. The van der Waals surface area contributed by atoms with Crippen molar-refractivity contribution in [2.75, 3.05) is 13.2 Å². The summed E-state index contributed by atoms with van der Waals surface area (Å²) in [4.78, 5) is 28.3. The van der Waals surface area contributed by atoms with Crippen LogP contribution in [0.2, 0.25) is 0 Å². The van der Waals surface area contributed by atoms with Gasteiger partial charge in [0, 0.05) is 12.1 Å². The number of nitrogens with zero attached hydrogens (tertiary/aromatic N) is 1. The van der Waals surface area contributed by atoms with Gasteiger partial charge in [0.2, 0.25) is 0 Å². The van der Waals surface area contributed by atoms with E-state index in [1.54, 1.807) is 23.1 Å². The number of Topliss-reactive ketones (excluding diaryl/α,β-unsaturated/α-hetero) is 1. The molecule has 0 radical (unpaired) electrons. The zero-order valence-electron chi connectivity index (χ0n) is 19.3. The van der Waals surface area contributed by atoms with Crippen LogP contribution in [-0.2, 0) is 9.59 Å². The predicted octanol–water partition coefficient (Wildman–Crippen LogP) is 5.24. The summed E-state index contributed by atoms with van der Waals surface area (Å²) in [5.74, 6) is -0.382. The van der Waals surface area contributed by atoms with E-state index in [1.807, 2.05) is 44.2 Å². The molecule has 1 heterocycles. The van der Waals surface area contributed by atoms with Crippen LogP contribution in [-0.4, -0.2) is 41.0 Å². The molecule has 1 aliphatic heterocycles. The average molecular weight is 450 g/mol. The molecule has 1 atom stereocenters. The Morgan fingerprint density at radius 2 is 1.67 bits per heavy atom. The third kappa shape index (κ3) is 4.47. The Bertz CT molecular complexity index is 1040. The maximum absolute atomic E-state index is 13.3. The number of rotatable bonds is 7. The first kappa shape index (κ1) is 22.9. The normalized spacial score (nSPS) is 20.8. The number of ketones is 1. The lowest BCUT2D eigenvalue weighted by molar-refractivity contribution is -0.141. The van der Waals surface area contributed by atoms with Crippen LogP contribution in [0, 0.1) is 0 Å². The average Bonchev–Trinajstić information content (AvgIpc) is 3.11. The number of amides is 1. The molecule has 1 unspecified atom stereocenters. The molecule has 2 fully saturated rings. The number of hydrogen-bond acceptors (Lipinski definition) is 5. The van der Waals surface area contributed by atoms with Crippen LogP contribution in [0.5, 0.6) is 11.5 Å². The molecule has 1 saturated carbocycles. The molecular weight excluding hydrogens is 418 g/mol. The van der Waals surface area contributed by atoms with E-state index in [0.717, 1.165) is 37.7 Å². The minimum atomic E-state index is -0.650. The molecule has 0 spiro atoms. The van der Waals surface area contributed by atoms with Gasteiger partial charge in [0.15, 0.2) is 0 Å². The lowest BCUT2D eigenvalue weighted by atomic mass is 9.91. The lowest BCUT2D eigenvalue weighted by Crippen LogP contribution is -2.40. The zero-order valence-corrected chi connectivity index (χ0v) is 19.3. The highest BCUT2D eigenvalue weighted by Crippen LogP contribution is 2.44. The highest BCUT2D eigenvalue weighted by atomic mass is 16.5. The van der Waals surface area contributed by atoms with Crippen molar-refractivity contribution in [3.63, 3.8) is 0 Å². The minimum absolute atomic E-state index is 0.0163. The third-order valence-electron chi connectivity index (χ3n) is 6.38. The van der Waals surface area contributed by atoms with Crippen LogP contribution in [0.4, 0.5) is 0 Å². The molecular formula is C27H31NO5. The molecule has 2 aromatic rings. The molecule has 1 saturated heterocycles. The van der Waals surface area contributed by atoms with E-state index >= 15 is 0 Å². The topological polar surface area (TPSA) is 76.1 Å². The van der Waals surface area contributed by atoms with Gasteiger partial charge in [0.1, 0.15) is 17.3 Å². The third-order valence-corrected chi connectivity index (χ3v) is 6.38. The van der Waals surface area contributed by atoms with Gasteiger partial charge in [-0.15, -0.1) is 0 Å². The van der Waals surface area contributed by atoms with E-state index in [2.05, 4.69) is 0 Å². The molecule has 1 N–H and O–H groups in total. The maximum Gasteiger partial charge on any atom is 0.295 e. The second-order valence-corrected chi connectivity index (χ2v) is 8.43. The van der Waals surface area contributed by atoms with Crippen molar-refractivity contribution >= 4 is 17.4 Å². The van der Waals surface area contributed by atoms with Crippen molar-refractivity contribution in [2.45, 2.75) is 58.0 Å². The highest BCUT2D eigenvalue weighted by Gasteiger charge is 2.49. The summed E-state index contributed by atoms with van der Waals surface area (Å²) in [5, 5.41) is 11.4. The van der Waals surface area contributed by atoms with Crippen molar-refractivity contribution in [1.82, 2.24) is 4.90 Å². The fourth-order valence-corrected chi connectivity index (χ4v) is 4.92. The Morgan fingerprint density at radius 1 is 0.970 bits per heavy atom. The molecule has 2 aromatic carbocycles. The molecule has 6 nitrogen and oxygen atoms in total. The van der Waals surface area contributed by atoms with Crippen LogP contribution in [0.1, 0.15) is 63.1 Å². The SMILES string of the molecule is CCOc1ccc(/C(O)=C2/C(=O)C(=O)N(C3CCCCC3)C2c2ccccc2)c(OCC)c1. The van der Waals surface area contributed by atoms with E-state index in [9.17, 15) is 14.7 Å². The van der Waals surface area contributed by atoms with Crippen molar-refractivity contribution in [3.05, 3.63) is 65.2 Å². The molecule has 0 aromatic heterocycles. The second kappa shape index (κ2) is 10.1. The Labute approximate surface area is 194 Å². The van der Waals surface area contributed by atoms with Crippen LogP contribution >= 0.6 is 0 Å². The molecule has 33 heavy (non-hydrogen) atoms. The van der Waals surface area contributed by atoms with Gasteiger partial charge in [-0.25, -0.2) is 0 Å². The van der Waals surface area contributed by atoms with Gasteiger partial charge in [0.05, 0.1) is 30.4 Å². The molecule has 1 amide bonds. The number of carbonyl (C=O) groups excluding carboxylic acids is 2. The van der Waals surface area contributed by atoms with Crippen LogP contribution in [0.25, 0.3) is 5.76 Å². The largest absolute Gasteiger partial charge is 0.507 e. The molecule has 0 bridgehead atoms. The smallest absolute Gasteiger partial charge is 0.295 e. The number of carbonyl (C=O) groups is 2. The Hall–Kier alpha value is -3.28. The van der Waals surface area contributed by atoms with Crippen molar-refractivity contribution < 1.29 is 24.2 Å². The summed E-state index contributed by atoms with van der Waals surface area (Å²) in [6.07, 6.45) is 4.93. The number of benzene rings is 2. The van der Waals surface area contributed by atoms with Gasteiger partial charge in [-0.05, 0) is 44.4 Å². The minimum Gasteiger partial charge on any atom is -0.507 e. The van der Waals surface area contributed by atoms with E-state index in [-0.39, 0.29) is 17.4 Å². The quantitative estimate of drug-likeness (QED) is 0.355. The second-order valence-electron chi connectivity index (χ2n) is 8.43. The van der Waals surface area contributed by atoms with Crippen LogP contribution in [0.3, 0.4) is 0 Å². The van der Waals surface area contributed by atoms with Crippen molar-refractivity contribution in [1.29, 1.82) is 0 Å². The van der Waals surface area contributed by atoms with Crippen LogP contribution < -0.4 is 9.47 Å². The standard InChI is InChI=1S/C27H31NO5/c1-3-32-20-15-16-21(22(17-20)33-4-2)25(29)23-24(18-11-7-5-8-12-18)28(27(31)26(23)30)19-13-9-6-10-14-19/h5,7-8,11-12,15-17,19,24,29H,3-4,6,9-10,13-14H2,1-2H3/b25-23-. The first-order valence-electron chi connectivity index (χ1n) is 11.8. The van der Waals surface area contributed by atoms with Gasteiger partial charge < -0.3 is 19.5 Å². The van der Waals surface area contributed by atoms with Crippen molar-refractivity contribution in [3.8, 4) is 11.5 Å². The Balaban J connectivity index is 1.86. The van der Waals surface area contributed by atoms with E-state index in [0.29, 0.717) is 30.3 Å². The lowest BCUT2D eigenvalue weighted by Gasteiger charge is -2.35. The van der Waals surface area contributed by atoms with Gasteiger partial charge in [-0.1, -0.05) is 49.6 Å². The van der Waals surface area contributed by atoms with Gasteiger partial charge in [0.25, 0.3) is 11.7 Å². The molecule has 1 aliphatic carbocycles. The van der Waals surface area contributed by atoms with E-state index in [1.165, 1.54) is 0 Å². The van der Waals surface area contributed by atoms with Crippen molar-refractivity contribution in [2.24, 2.45) is 0 Å². The molecule has 6 heteroatoms. The Morgan fingerprint density at radius 3 is 2.33 bits per heavy atom. The molecule has 174 valence electrons. The number of ether oxygens (including phenoxy) is 2.